The van der Waals surface area contributed by atoms with Crippen LogP contribution < -0.4 is 14.5 Å². The molecule has 3 amide bonds. The summed E-state index contributed by atoms with van der Waals surface area (Å²) in [5, 5.41) is 0. The van der Waals surface area contributed by atoms with Crippen LogP contribution in [0.2, 0.25) is 0 Å². The smallest absolute Gasteiger partial charge is 0.328 e. The van der Waals surface area contributed by atoms with Gasteiger partial charge in [0.2, 0.25) is 0 Å². The number of hydrogen-bond donors (Lipinski definition) is 0. The minimum atomic E-state index is -1.11. The molecule has 162 valence electrons. The predicted molar refractivity (Wildman–Crippen MR) is 106 cm³/mol. The van der Waals surface area contributed by atoms with Gasteiger partial charge >= 0.3 is 5.97 Å². The topological polar surface area (TPSA) is 93.2 Å². The number of fused-ring (bicyclic) bond motifs is 1. The fraction of sp³-hybridized carbons (Fsp3) is 0.455. The van der Waals surface area contributed by atoms with Gasteiger partial charge in [-0.25, -0.2) is 14.1 Å². The van der Waals surface area contributed by atoms with Crippen molar-refractivity contribution in [2.75, 3.05) is 16.9 Å². The van der Waals surface area contributed by atoms with E-state index in [9.17, 15) is 19.2 Å². The summed E-state index contributed by atoms with van der Waals surface area (Å²) in [6, 6.07) is 1.32. The maximum Gasteiger partial charge on any atom is 0.328 e. The third-order valence-corrected chi connectivity index (χ3v) is 6.47. The molecule has 8 nitrogen and oxygen atoms in total. The Bertz CT molecular complexity index is 1060. The second kappa shape index (κ2) is 6.63. The van der Waals surface area contributed by atoms with Gasteiger partial charge in [0.25, 0.3) is 17.7 Å². The van der Waals surface area contributed by atoms with Gasteiger partial charge in [0.1, 0.15) is 11.8 Å². The van der Waals surface area contributed by atoms with Gasteiger partial charge in [-0.2, -0.15) is 0 Å². The summed E-state index contributed by atoms with van der Waals surface area (Å²) in [7, 11) is 1.21. The zero-order valence-corrected chi connectivity index (χ0v) is 17.2. The highest BCUT2D eigenvalue weighted by Crippen LogP contribution is 2.51. The zero-order valence-electron chi connectivity index (χ0n) is 17.2. The van der Waals surface area contributed by atoms with Gasteiger partial charge in [-0.05, 0) is 38.7 Å². The minimum Gasteiger partial charge on any atom is -0.475 e. The molecule has 1 aromatic rings. The minimum absolute atomic E-state index is 0.0888. The third-order valence-electron chi connectivity index (χ3n) is 6.47. The summed E-state index contributed by atoms with van der Waals surface area (Å²) in [4.78, 5) is 53.2. The van der Waals surface area contributed by atoms with Gasteiger partial charge in [-0.1, -0.05) is 0 Å². The summed E-state index contributed by atoms with van der Waals surface area (Å²) in [6.07, 6.45) is 3.48. The molecular weight excluding hydrogens is 407 g/mol. The van der Waals surface area contributed by atoms with Crippen molar-refractivity contribution in [3.63, 3.8) is 0 Å². The lowest BCUT2D eigenvalue weighted by Crippen LogP contribution is -2.54. The van der Waals surface area contributed by atoms with Gasteiger partial charge in [0, 0.05) is 30.1 Å². The number of ether oxygens (including phenoxy) is 2. The number of nitrogens with zero attached hydrogens (tertiary/aromatic N) is 2. The number of benzene rings is 1. The SMILES string of the molecule is COC(=O)C(C)N1C(=O)C2(CC2)Oc2cc(F)c(N3C(=O)C4=C(CCCC4)C3=O)cc21. The van der Waals surface area contributed by atoms with E-state index in [4.69, 9.17) is 9.47 Å². The second-order valence-electron chi connectivity index (χ2n) is 8.35. The first-order chi connectivity index (χ1) is 14.8. The maximum atomic E-state index is 15.1. The molecule has 0 N–H and O–H groups in total. The van der Waals surface area contributed by atoms with Crippen LogP contribution in [0.5, 0.6) is 5.75 Å². The predicted octanol–water partition coefficient (Wildman–Crippen LogP) is 2.39. The zero-order chi connectivity index (χ0) is 22.1. The van der Waals surface area contributed by atoms with E-state index in [1.807, 2.05) is 0 Å². The second-order valence-corrected chi connectivity index (χ2v) is 8.35. The van der Waals surface area contributed by atoms with E-state index in [0.717, 1.165) is 23.8 Å². The van der Waals surface area contributed by atoms with Crippen LogP contribution in [-0.2, 0) is 23.9 Å². The van der Waals surface area contributed by atoms with E-state index in [-0.39, 0.29) is 17.1 Å². The van der Waals surface area contributed by atoms with Crippen LogP contribution >= 0.6 is 0 Å². The summed E-state index contributed by atoms with van der Waals surface area (Å²) in [5.41, 5.74) is -0.381. The Morgan fingerprint density at radius 1 is 1.10 bits per heavy atom. The highest BCUT2D eigenvalue weighted by Gasteiger charge is 2.59. The molecule has 2 aliphatic carbocycles. The number of carbonyl (C=O) groups is 4. The quantitative estimate of drug-likeness (QED) is 0.542. The Labute approximate surface area is 177 Å². The average Bonchev–Trinajstić information content (AvgIpc) is 3.49. The Hall–Kier alpha value is -3.23. The van der Waals surface area contributed by atoms with E-state index >= 15 is 4.39 Å². The van der Waals surface area contributed by atoms with Crippen LogP contribution in [0.25, 0.3) is 0 Å². The molecule has 1 saturated carbocycles. The van der Waals surface area contributed by atoms with Crippen LogP contribution in [0, 0.1) is 5.82 Å². The fourth-order valence-corrected chi connectivity index (χ4v) is 4.61. The highest BCUT2D eigenvalue weighted by molar-refractivity contribution is 6.33. The molecule has 4 aliphatic rings. The normalized spacial score (nSPS) is 22.4. The molecule has 2 aliphatic heterocycles. The lowest BCUT2D eigenvalue weighted by molar-refractivity contribution is -0.144. The monoisotopic (exact) mass is 428 g/mol. The molecule has 0 bridgehead atoms. The number of carbonyl (C=O) groups excluding carboxylic acids is 4. The number of rotatable bonds is 3. The number of methoxy groups -OCH3 is 1. The van der Waals surface area contributed by atoms with Crippen LogP contribution in [0.15, 0.2) is 23.3 Å². The van der Waals surface area contributed by atoms with Crippen molar-refractivity contribution < 1.29 is 33.0 Å². The summed E-state index contributed by atoms with van der Waals surface area (Å²) in [6.45, 7) is 1.50. The van der Waals surface area contributed by atoms with E-state index in [1.54, 1.807) is 0 Å². The van der Waals surface area contributed by atoms with Crippen LogP contribution in [-0.4, -0.2) is 42.4 Å². The van der Waals surface area contributed by atoms with E-state index < -0.39 is 41.2 Å². The Morgan fingerprint density at radius 3 is 2.26 bits per heavy atom. The van der Waals surface area contributed by atoms with E-state index in [2.05, 4.69) is 0 Å². The molecule has 5 rings (SSSR count). The van der Waals surface area contributed by atoms with Crippen molar-refractivity contribution in [1.82, 2.24) is 0 Å². The van der Waals surface area contributed by atoms with E-state index in [0.29, 0.717) is 36.8 Å². The van der Waals surface area contributed by atoms with Gasteiger partial charge < -0.3 is 9.47 Å². The summed E-state index contributed by atoms with van der Waals surface area (Å²) < 4.78 is 25.7. The first kappa shape index (κ1) is 19.7. The number of amides is 3. The molecule has 1 fully saturated rings. The van der Waals surface area contributed by atoms with Crippen molar-refractivity contribution >= 4 is 35.1 Å². The van der Waals surface area contributed by atoms with Crippen LogP contribution in [0.4, 0.5) is 15.8 Å². The molecule has 0 saturated heterocycles. The van der Waals surface area contributed by atoms with Gasteiger partial charge in [0.15, 0.2) is 11.4 Å². The number of esters is 1. The molecule has 1 aromatic carbocycles. The molecule has 31 heavy (non-hydrogen) atoms. The first-order valence-electron chi connectivity index (χ1n) is 10.3. The lowest BCUT2D eigenvalue weighted by Gasteiger charge is -2.37. The first-order valence-corrected chi connectivity index (χ1v) is 10.3. The summed E-state index contributed by atoms with van der Waals surface area (Å²) in [5.74, 6) is -2.86. The van der Waals surface area contributed by atoms with Crippen molar-refractivity contribution in [2.45, 2.75) is 57.1 Å². The molecule has 1 spiro atoms. The Morgan fingerprint density at radius 2 is 1.71 bits per heavy atom. The number of hydrogen-bond acceptors (Lipinski definition) is 6. The van der Waals surface area contributed by atoms with Crippen molar-refractivity contribution in [2.24, 2.45) is 0 Å². The third kappa shape index (κ3) is 2.72. The molecule has 1 atom stereocenters. The molecule has 9 heteroatoms. The molecular formula is C22H21FN2O6. The molecule has 2 heterocycles. The molecule has 0 aromatic heterocycles. The van der Waals surface area contributed by atoms with Gasteiger partial charge in [-0.3, -0.25) is 19.3 Å². The fourth-order valence-electron chi connectivity index (χ4n) is 4.61. The van der Waals surface area contributed by atoms with Gasteiger partial charge in [-0.15, -0.1) is 0 Å². The van der Waals surface area contributed by atoms with Gasteiger partial charge in [0.05, 0.1) is 18.5 Å². The largest absolute Gasteiger partial charge is 0.475 e. The van der Waals surface area contributed by atoms with E-state index in [1.165, 1.54) is 25.0 Å². The van der Waals surface area contributed by atoms with Crippen LogP contribution in [0.1, 0.15) is 45.4 Å². The van der Waals surface area contributed by atoms with Crippen LogP contribution in [0.3, 0.4) is 0 Å². The maximum absolute atomic E-state index is 15.1. The average molecular weight is 428 g/mol. The number of imide groups is 1. The molecule has 1 unspecified atom stereocenters. The van der Waals surface area contributed by atoms with Crippen molar-refractivity contribution in [3.05, 3.63) is 29.1 Å². The lowest BCUT2D eigenvalue weighted by atomic mass is 9.93. The van der Waals surface area contributed by atoms with Crippen molar-refractivity contribution in [3.8, 4) is 5.75 Å². The standard InChI is InChI=1S/C22H21FN2O6/c1-11(20(28)30-2)24-16-10-15(14(23)9-17(16)31-22(7-8-22)21(24)29)25-18(26)12-5-3-4-6-13(12)19(25)27/h9-11H,3-8H2,1-2H3. The number of halogens is 1. The Kier molecular flexibility index (Phi) is 4.22. The number of anilines is 2. The van der Waals surface area contributed by atoms with Crippen molar-refractivity contribution in [1.29, 1.82) is 0 Å². The Balaban J connectivity index is 1.61. The highest BCUT2D eigenvalue weighted by atomic mass is 19.1. The molecule has 0 radical (unpaired) electrons. The summed E-state index contributed by atoms with van der Waals surface area (Å²) >= 11 is 0.